The van der Waals surface area contributed by atoms with Gasteiger partial charge in [-0.05, 0) is 13.3 Å². The van der Waals surface area contributed by atoms with Crippen molar-refractivity contribution in [2.75, 3.05) is 6.61 Å². The molecule has 0 spiro atoms. The molecule has 0 saturated heterocycles. The minimum absolute atomic E-state index is 0.419. The minimum atomic E-state index is -0.801. The van der Waals surface area contributed by atoms with E-state index in [0.717, 1.165) is 12.8 Å². The third kappa shape index (κ3) is 15.6. The summed E-state index contributed by atoms with van der Waals surface area (Å²) >= 11 is 0. The Morgan fingerprint density at radius 3 is 1.65 bits per heavy atom. The number of esters is 2. The zero-order chi connectivity index (χ0) is 17.3. The second-order valence-corrected chi connectivity index (χ2v) is 6.31. The van der Waals surface area contributed by atoms with Crippen molar-refractivity contribution in [3.8, 4) is 0 Å². The van der Waals surface area contributed by atoms with Crippen molar-refractivity contribution in [2.45, 2.75) is 104 Å². The van der Waals surface area contributed by atoms with Gasteiger partial charge in [-0.15, -0.1) is 0 Å². The molecule has 136 valence electrons. The topological polar surface area (TPSA) is 52.6 Å². The highest BCUT2D eigenvalue weighted by molar-refractivity contribution is 5.78. The van der Waals surface area contributed by atoms with Gasteiger partial charge in [-0.3, -0.25) is 4.79 Å². The monoisotopic (exact) mass is 328 g/mol. The van der Waals surface area contributed by atoms with E-state index in [1.165, 1.54) is 78.1 Å². The molecule has 0 aromatic rings. The lowest BCUT2D eigenvalue weighted by atomic mass is 10.1. The summed E-state index contributed by atoms with van der Waals surface area (Å²) in [6, 6.07) is 0. The summed E-state index contributed by atoms with van der Waals surface area (Å²) in [6.45, 7) is 5.49. The molecule has 0 unspecified atom stereocenters. The standard InChI is InChI=1S/C19H36O4/c1-4-5-6-7-8-9-10-11-12-13-14-15-16-22-19(21)17(2)23-18(3)20/h17H,4-16H2,1-3H3/t17-/m1/s1. The molecule has 0 rings (SSSR count). The van der Waals surface area contributed by atoms with Gasteiger partial charge in [-0.25, -0.2) is 4.79 Å². The van der Waals surface area contributed by atoms with Gasteiger partial charge >= 0.3 is 11.9 Å². The molecule has 0 radical (unpaired) electrons. The Balaban J connectivity index is 3.24. The van der Waals surface area contributed by atoms with E-state index in [2.05, 4.69) is 6.92 Å². The van der Waals surface area contributed by atoms with Crippen LogP contribution in [-0.2, 0) is 19.1 Å². The van der Waals surface area contributed by atoms with Gasteiger partial charge < -0.3 is 9.47 Å². The molecular weight excluding hydrogens is 292 g/mol. The first-order valence-electron chi connectivity index (χ1n) is 9.41. The van der Waals surface area contributed by atoms with Crippen molar-refractivity contribution < 1.29 is 19.1 Å². The Hall–Kier alpha value is -1.06. The van der Waals surface area contributed by atoms with Crippen LogP contribution < -0.4 is 0 Å². The lowest BCUT2D eigenvalue weighted by molar-refractivity contribution is -0.165. The van der Waals surface area contributed by atoms with Crippen LogP contribution in [0.15, 0.2) is 0 Å². The number of carbonyl (C=O) groups excluding carboxylic acids is 2. The van der Waals surface area contributed by atoms with E-state index in [1.807, 2.05) is 0 Å². The fraction of sp³-hybridized carbons (Fsp3) is 0.895. The molecule has 0 N–H and O–H groups in total. The van der Waals surface area contributed by atoms with E-state index < -0.39 is 18.0 Å². The summed E-state index contributed by atoms with van der Waals surface area (Å²) in [5.41, 5.74) is 0. The maximum Gasteiger partial charge on any atom is 0.347 e. The number of ether oxygens (including phenoxy) is 2. The van der Waals surface area contributed by atoms with Crippen LogP contribution in [0.2, 0.25) is 0 Å². The summed E-state index contributed by atoms with van der Waals surface area (Å²) in [5.74, 6) is -0.914. The fourth-order valence-electron chi connectivity index (χ4n) is 2.53. The molecule has 23 heavy (non-hydrogen) atoms. The number of hydrogen-bond donors (Lipinski definition) is 0. The molecule has 0 aliphatic heterocycles. The molecule has 0 aliphatic rings. The normalized spacial score (nSPS) is 12.0. The van der Waals surface area contributed by atoms with Crippen molar-refractivity contribution in [2.24, 2.45) is 0 Å². The summed E-state index contributed by atoms with van der Waals surface area (Å²) in [5, 5.41) is 0. The summed E-state index contributed by atoms with van der Waals surface area (Å²) in [4.78, 5) is 22.2. The fourth-order valence-corrected chi connectivity index (χ4v) is 2.53. The Labute approximate surface area is 142 Å². The van der Waals surface area contributed by atoms with Gasteiger partial charge in [0.05, 0.1) is 6.61 Å². The predicted octanol–water partition coefficient (Wildman–Crippen LogP) is 5.18. The van der Waals surface area contributed by atoms with Gasteiger partial charge in [0.1, 0.15) is 0 Å². The lowest BCUT2D eigenvalue weighted by Gasteiger charge is -2.11. The Morgan fingerprint density at radius 1 is 0.783 bits per heavy atom. The van der Waals surface area contributed by atoms with Crippen LogP contribution >= 0.6 is 0 Å². The van der Waals surface area contributed by atoms with E-state index in [-0.39, 0.29) is 0 Å². The lowest BCUT2D eigenvalue weighted by Crippen LogP contribution is -2.25. The number of unbranched alkanes of at least 4 members (excludes halogenated alkanes) is 11. The van der Waals surface area contributed by atoms with E-state index >= 15 is 0 Å². The van der Waals surface area contributed by atoms with Crippen LogP contribution in [-0.4, -0.2) is 24.6 Å². The average molecular weight is 328 g/mol. The van der Waals surface area contributed by atoms with Crippen LogP contribution in [0, 0.1) is 0 Å². The maximum absolute atomic E-state index is 11.5. The van der Waals surface area contributed by atoms with Gasteiger partial charge in [0.15, 0.2) is 6.10 Å². The number of hydrogen-bond acceptors (Lipinski definition) is 4. The van der Waals surface area contributed by atoms with Gasteiger partial charge in [0.25, 0.3) is 0 Å². The quantitative estimate of drug-likeness (QED) is 0.307. The summed E-state index contributed by atoms with van der Waals surface area (Å²) < 4.78 is 9.84. The van der Waals surface area contributed by atoms with Crippen LogP contribution in [0.5, 0.6) is 0 Å². The Bertz CT molecular complexity index is 302. The second-order valence-electron chi connectivity index (χ2n) is 6.31. The zero-order valence-corrected chi connectivity index (χ0v) is 15.4. The van der Waals surface area contributed by atoms with E-state index in [0.29, 0.717) is 6.61 Å². The van der Waals surface area contributed by atoms with Gasteiger partial charge in [0, 0.05) is 6.92 Å². The number of rotatable bonds is 15. The molecule has 0 bridgehead atoms. The largest absolute Gasteiger partial charge is 0.463 e. The highest BCUT2D eigenvalue weighted by Crippen LogP contribution is 2.12. The first-order valence-corrected chi connectivity index (χ1v) is 9.41. The van der Waals surface area contributed by atoms with Gasteiger partial charge in [0.2, 0.25) is 0 Å². The van der Waals surface area contributed by atoms with Crippen molar-refractivity contribution in [1.29, 1.82) is 0 Å². The molecule has 0 heterocycles. The van der Waals surface area contributed by atoms with E-state index in [9.17, 15) is 9.59 Å². The average Bonchev–Trinajstić information content (AvgIpc) is 2.51. The summed E-state index contributed by atoms with van der Waals surface area (Å²) in [7, 11) is 0. The molecule has 4 nitrogen and oxygen atoms in total. The van der Waals surface area contributed by atoms with E-state index in [4.69, 9.17) is 9.47 Å². The highest BCUT2D eigenvalue weighted by Gasteiger charge is 2.16. The highest BCUT2D eigenvalue weighted by atomic mass is 16.6. The number of carbonyl (C=O) groups is 2. The molecule has 1 atom stereocenters. The molecule has 0 aromatic heterocycles. The van der Waals surface area contributed by atoms with Crippen LogP contribution in [0.1, 0.15) is 97.8 Å². The molecule has 0 aliphatic carbocycles. The van der Waals surface area contributed by atoms with Crippen LogP contribution in [0.25, 0.3) is 0 Å². The molecule has 4 heteroatoms. The van der Waals surface area contributed by atoms with Crippen molar-refractivity contribution in [1.82, 2.24) is 0 Å². The molecule has 0 aromatic carbocycles. The Kier molecular flexibility index (Phi) is 15.1. The van der Waals surface area contributed by atoms with E-state index in [1.54, 1.807) is 0 Å². The van der Waals surface area contributed by atoms with Gasteiger partial charge in [-0.1, -0.05) is 77.6 Å². The van der Waals surface area contributed by atoms with Crippen molar-refractivity contribution >= 4 is 11.9 Å². The third-order valence-corrected chi connectivity index (χ3v) is 3.92. The maximum atomic E-state index is 11.5. The summed E-state index contributed by atoms with van der Waals surface area (Å²) in [6.07, 6.45) is 14.5. The minimum Gasteiger partial charge on any atom is -0.463 e. The first kappa shape index (κ1) is 21.9. The SMILES string of the molecule is CCCCCCCCCCCCCCOC(=O)[C@@H](C)OC(C)=O. The van der Waals surface area contributed by atoms with Crippen LogP contribution in [0.4, 0.5) is 0 Å². The molecule has 0 saturated carbocycles. The molecular formula is C19H36O4. The molecule has 0 fully saturated rings. The van der Waals surface area contributed by atoms with Crippen LogP contribution in [0.3, 0.4) is 0 Å². The van der Waals surface area contributed by atoms with Crippen molar-refractivity contribution in [3.63, 3.8) is 0 Å². The third-order valence-electron chi connectivity index (χ3n) is 3.92. The first-order chi connectivity index (χ1) is 11.1. The zero-order valence-electron chi connectivity index (χ0n) is 15.4. The van der Waals surface area contributed by atoms with Crippen molar-refractivity contribution in [3.05, 3.63) is 0 Å². The predicted molar refractivity (Wildman–Crippen MR) is 93.3 cm³/mol. The molecule has 0 amide bonds. The van der Waals surface area contributed by atoms with Gasteiger partial charge in [-0.2, -0.15) is 0 Å². The second kappa shape index (κ2) is 15.8. The Morgan fingerprint density at radius 2 is 1.22 bits per heavy atom. The smallest absolute Gasteiger partial charge is 0.347 e.